The van der Waals surface area contributed by atoms with Crippen molar-refractivity contribution in [1.82, 2.24) is 30.1 Å². The Morgan fingerprint density at radius 1 is 1.34 bits per heavy atom. The van der Waals surface area contributed by atoms with Gasteiger partial charge in [0.1, 0.15) is 5.75 Å². The third-order valence-electron chi connectivity index (χ3n) is 6.44. The zero-order valence-electron chi connectivity index (χ0n) is 20.7. The number of pyridine rings is 1. The SMILES string of the molecule is CCC[C@H](c1nnnn1C[C@H]1CCCO1)N(CCCO)Cc1cc2cc(OCC)ccc2[nH]c1=O. The molecule has 10 heteroatoms. The molecule has 1 saturated heterocycles. The second kappa shape index (κ2) is 12.2. The third-order valence-corrected chi connectivity index (χ3v) is 6.44. The van der Waals surface area contributed by atoms with Crippen LogP contribution < -0.4 is 10.3 Å². The minimum absolute atomic E-state index is 0.0714. The predicted molar refractivity (Wildman–Crippen MR) is 132 cm³/mol. The zero-order chi connectivity index (χ0) is 24.6. The van der Waals surface area contributed by atoms with Gasteiger partial charge in [0.15, 0.2) is 5.82 Å². The highest BCUT2D eigenvalue weighted by atomic mass is 16.5. The van der Waals surface area contributed by atoms with Crippen molar-refractivity contribution in [2.24, 2.45) is 0 Å². The molecule has 1 aliphatic heterocycles. The average Bonchev–Trinajstić information content (AvgIpc) is 3.54. The van der Waals surface area contributed by atoms with Gasteiger partial charge in [-0.3, -0.25) is 9.69 Å². The molecule has 35 heavy (non-hydrogen) atoms. The molecular formula is C25H36N6O4. The first-order valence-electron chi connectivity index (χ1n) is 12.6. The van der Waals surface area contributed by atoms with E-state index in [2.05, 4.69) is 32.3 Å². The van der Waals surface area contributed by atoms with E-state index in [-0.39, 0.29) is 24.3 Å². The van der Waals surface area contributed by atoms with Gasteiger partial charge in [-0.1, -0.05) is 13.3 Å². The van der Waals surface area contributed by atoms with Gasteiger partial charge in [-0.2, -0.15) is 0 Å². The van der Waals surface area contributed by atoms with Crippen molar-refractivity contribution in [2.45, 2.75) is 71.2 Å². The number of aliphatic hydroxyl groups excluding tert-OH is 1. The molecule has 3 aromatic rings. The molecule has 1 aliphatic rings. The summed E-state index contributed by atoms with van der Waals surface area (Å²) >= 11 is 0. The largest absolute Gasteiger partial charge is 0.494 e. The Morgan fingerprint density at radius 2 is 2.23 bits per heavy atom. The fraction of sp³-hybridized carbons (Fsp3) is 0.600. The van der Waals surface area contributed by atoms with E-state index in [1.807, 2.05) is 35.9 Å². The summed E-state index contributed by atoms with van der Waals surface area (Å²) in [6.07, 6.45) is 4.53. The van der Waals surface area contributed by atoms with Gasteiger partial charge >= 0.3 is 0 Å². The number of nitrogens with one attached hydrogen (secondary N) is 1. The number of aromatic nitrogens is 5. The molecule has 4 rings (SSSR count). The van der Waals surface area contributed by atoms with Crippen LogP contribution in [0.1, 0.15) is 63.4 Å². The number of fused-ring (bicyclic) bond motifs is 1. The Hall–Kier alpha value is -2.82. The molecule has 1 fully saturated rings. The Bertz CT molecular complexity index is 1140. The lowest BCUT2D eigenvalue weighted by Gasteiger charge is -2.31. The molecule has 2 aromatic heterocycles. The van der Waals surface area contributed by atoms with Crippen LogP contribution in [0, 0.1) is 0 Å². The van der Waals surface area contributed by atoms with E-state index >= 15 is 0 Å². The lowest BCUT2D eigenvalue weighted by atomic mass is 10.1. The molecule has 2 N–H and O–H groups in total. The van der Waals surface area contributed by atoms with Gasteiger partial charge in [0, 0.05) is 42.8 Å². The van der Waals surface area contributed by atoms with Gasteiger partial charge in [-0.25, -0.2) is 4.68 Å². The number of rotatable bonds is 13. The maximum absolute atomic E-state index is 13.0. The van der Waals surface area contributed by atoms with Crippen molar-refractivity contribution in [3.05, 3.63) is 46.0 Å². The van der Waals surface area contributed by atoms with E-state index < -0.39 is 0 Å². The normalized spacial score (nSPS) is 16.9. The Morgan fingerprint density at radius 3 is 2.97 bits per heavy atom. The summed E-state index contributed by atoms with van der Waals surface area (Å²) in [5.74, 6) is 1.54. The molecule has 0 spiro atoms. The van der Waals surface area contributed by atoms with Crippen molar-refractivity contribution in [1.29, 1.82) is 0 Å². The molecule has 10 nitrogen and oxygen atoms in total. The number of tetrazole rings is 1. The topological polar surface area (TPSA) is 118 Å². The average molecular weight is 485 g/mol. The van der Waals surface area contributed by atoms with Crippen LogP contribution in [0.15, 0.2) is 29.1 Å². The summed E-state index contributed by atoms with van der Waals surface area (Å²) in [7, 11) is 0. The van der Waals surface area contributed by atoms with E-state index in [9.17, 15) is 9.90 Å². The first-order valence-corrected chi connectivity index (χ1v) is 12.6. The smallest absolute Gasteiger partial charge is 0.252 e. The highest BCUT2D eigenvalue weighted by molar-refractivity contribution is 5.80. The van der Waals surface area contributed by atoms with Crippen molar-refractivity contribution >= 4 is 10.9 Å². The van der Waals surface area contributed by atoms with E-state index in [1.165, 1.54) is 0 Å². The summed E-state index contributed by atoms with van der Waals surface area (Å²) in [4.78, 5) is 18.2. The summed E-state index contributed by atoms with van der Waals surface area (Å²) in [6.45, 7) is 7.15. The number of aliphatic hydroxyl groups is 1. The van der Waals surface area contributed by atoms with Crippen LogP contribution in [0.4, 0.5) is 0 Å². The predicted octanol–water partition coefficient (Wildman–Crippen LogP) is 2.82. The molecular weight excluding hydrogens is 448 g/mol. The van der Waals surface area contributed by atoms with Crippen LogP contribution in [0.3, 0.4) is 0 Å². The standard InChI is InChI=1S/C25H36N6O4/c1-3-7-23(24-27-28-29-31(24)17-21-8-5-13-35-21)30(11-6-12-32)16-19-14-18-15-20(34-4-2)9-10-22(18)26-25(19)33/h9-10,14-15,21,23,32H,3-8,11-13,16-17H2,1-2H3,(H,26,33)/t21-,23-/m1/s1. The maximum Gasteiger partial charge on any atom is 0.252 e. The Labute approximate surface area is 205 Å². The lowest BCUT2D eigenvalue weighted by molar-refractivity contribution is 0.0885. The van der Waals surface area contributed by atoms with Crippen molar-refractivity contribution < 1.29 is 14.6 Å². The van der Waals surface area contributed by atoms with E-state index in [0.717, 1.165) is 54.8 Å². The first kappa shape index (κ1) is 25.3. The van der Waals surface area contributed by atoms with Crippen LogP contribution >= 0.6 is 0 Å². The highest BCUT2D eigenvalue weighted by Crippen LogP contribution is 2.27. The molecule has 190 valence electrons. The van der Waals surface area contributed by atoms with Gasteiger partial charge in [0.2, 0.25) is 0 Å². The Balaban J connectivity index is 1.64. The van der Waals surface area contributed by atoms with Crippen molar-refractivity contribution in [2.75, 3.05) is 26.4 Å². The van der Waals surface area contributed by atoms with E-state index in [1.54, 1.807) is 0 Å². The number of nitrogens with zero attached hydrogens (tertiary/aromatic N) is 5. The molecule has 0 radical (unpaired) electrons. The van der Waals surface area contributed by atoms with Crippen LogP contribution in [0.5, 0.6) is 5.75 Å². The molecule has 2 atom stereocenters. The van der Waals surface area contributed by atoms with Gasteiger partial charge in [0.05, 0.1) is 25.3 Å². The van der Waals surface area contributed by atoms with Crippen LogP contribution in [0.25, 0.3) is 10.9 Å². The first-order chi connectivity index (χ1) is 17.1. The van der Waals surface area contributed by atoms with Gasteiger partial charge < -0.3 is 19.6 Å². The molecule has 0 bridgehead atoms. The Kier molecular flexibility index (Phi) is 8.84. The lowest BCUT2D eigenvalue weighted by Crippen LogP contribution is -2.34. The molecule has 0 amide bonds. The number of hydrogen-bond donors (Lipinski definition) is 2. The summed E-state index contributed by atoms with van der Waals surface area (Å²) in [6, 6.07) is 7.52. The van der Waals surface area contributed by atoms with Crippen LogP contribution in [-0.2, 0) is 17.8 Å². The minimum atomic E-state index is -0.121. The molecule has 1 aromatic carbocycles. The second-order valence-corrected chi connectivity index (χ2v) is 9.01. The fourth-order valence-electron chi connectivity index (χ4n) is 4.75. The number of ether oxygens (including phenoxy) is 2. The van der Waals surface area contributed by atoms with E-state index in [4.69, 9.17) is 9.47 Å². The second-order valence-electron chi connectivity index (χ2n) is 9.01. The van der Waals surface area contributed by atoms with Gasteiger partial charge in [-0.15, -0.1) is 5.10 Å². The zero-order valence-corrected chi connectivity index (χ0v) is 20.7. The van der Waals surface area contributed by atoms with Gasteiger partial charge in [-0.05, 0) is 67.3 Å². The summed E-state index contributed by atoms with van der Waals surface area (Å²) < 4.78 is 13.3. The quantitative estimate of drug-likeness (QED) is 0.380. The van der Waals surface area contributed by atoms with Gasteiger partial charge in [0.25, 0.3) is 5.56 Å². The summed E-state index contributed by atoms with van der Waals surface area (Å²) in [5.41, 5.74) is 1.31. The number of hydrogen-bond acceptors (Lipinski definition) is 8. The number of aromatic amines is 1. The summed E-state index contributed by atoms with van der Waals surface area (Å²) in [5, 5.41) is 23.1. The minimum Gasteiger partial charge on any atom is -0.494 e. The molecule has 0 aliphatic carbocycles. The van der Waals surface area contributed by atoms with Crippen LogP contribution in [0.2, 0.25) is 0 Å². The molecule has 0 unspecified atom stereocenters. The van der Waals surface area contributed by atoms with Crippen molar-refractivity contribution in [3.8, 4) is 5.75 Å². The van der Waals surface area contributed by atoms with Crippen LogP contribution in [-0.4, -0.2) is 67.7 Å². The van der Waals surface area contributed by atoms with Crippen molar-refractivity contribution in [3.63, 3.8) is 0 Å². The molecule has 3 heterocycles. The maximum atomic E-state index is 13.0. The number of benzene rings is 1. The third kappa shape index (κ3) is 6.25. The monoisotopic (exact) mass is 484 g/mol. The fourth-order valence-corrected chi connectivity index (χ4v) is 4.75. The number of H-pyrrole nitrogens is 1. The highest BCUT2D eigenvalue weighted by Gasteiger charge is 2.28. The molecule has 0 saturated carbocycles. The van der Waals surface area contributed by atoms with E-state index in [0.29, 0.717) is 38.2 Å².